The molecule has 122 valence electrons. The molecule has 1 N–H and O–H groups in total. The minimum Gasteiger partial charge on any atom is -0.378 e. The summed E-state index contributed by atoms with van der Waals surface area (Å²) in [6, 6.07) is 3.99. The number of fused-ring (bicyclic) bond motifs is 1. The lowest BCUT2D eigenvalue weighted by molar-refractivity contribution is 0.181. The van der Waals surface area contributed by atoms with Gasteiger partial charge in [-0.2, -0.15) is 10.2 Å². The van der Waals surface area contributed by atoms with E-state index in [0.29, 0.717) is 6.61 Å². The maximum absolute atomic E-state index is 5.15. The van der Waals surface area contributed by atoms with Crippen molar-refractivity contribution in [2.24, 2.45) is 0 Å². The highest BCUT2D eigenvalue weighted by Crippen LogP contribution is 2.25. The van der Waals surface area contributed by atoms with E-state index in [1.807, 2.05) is 29.9 Å². The fourth-order valence-corrected chi connectivity index (χ4v) is 2.51. The number of aryl methyl sites for hydroxylation is 1. The van der Waals surface area contributed by atoms with Gasteiger partial charge in [0.25, 0.3) is 0 Å². The number of hydrogen-bond acceptors (Lipinski definition) is 5. The SMILES string of the molecule is COCc1cc2c(Nc3cc(C)nn3C(C)(C)C)nccn2n1. The van der Waals surface area contributed by atoms with E-state index in [9.17, 15) is 0 Å². The molecule has 0 unspecified atom stereocenters. The van der Waals surface area contributed by atoms with Gasteiger partial charge in [-0.3, -0.25) is 0 Å². The van der Waals surface area contributed by atoms with Crippen molar-refractivity contribution in [3.05, 3.63) is 35.9 Å². The fourth-order valence-electron chi connectivity index (χ4n) is 2.51. The average molecular weight is 314 g/mol. The number of nitrogens with one attached hydrogen (secondary N) is 1. The monoisotopic (exact) mass is 314 g/mol. The Morgan fingerprint density at radius 3 is 2.70 bits per heavy atom. The Morgan fingerprint density at radius 2 is 2.00 bits per heavy atom. The molecule has 0 atom stereocenters. The summed E-state index contributed by atoms with van der Waals surface area (Å²) in [6.07, 6.45) is 3.55. The lowest BCUT2D eigenvalue weighted by atomic mass is 10.1. The van der Waals surface area contributed by atoms with Gasteiger partial charge in [-0.15, -0.1) is 0 Å². The van der Waals surface area contributed by atoms with Gasteiger partial charge in [-0.25, -0.2) is 14.2 Å². The number of rotatable bonds is 4. The predicted molar refractivity (Wildman–Crippen MR) is 88.9 cm³/mol. The van der Waals surface area contributed by atoms with Crippen LogP contribution in [0.3, 0.4) is 0 Å². The van der Waals surface area contributed by atoms with E-state index in [0.717, 1.165) is 28.5 Å². The van der Waals surface area contributed by atoms with Gasteiger partial charge in [-0.1, -0.05) is 0 Å². The van der Waals surface area contributed by atoms with Crippen LogP contribution in [0.4, 0.5) is 11.6 Å². The van der Waals surface area contributed by atoms with Gasteiger partial charge in [0.05, 0.1) is 23.5 Å². The van der Waals surface area contributed by atoms with Crippen LogP contribution in [0.2, 0.25) is 0 Å². The van der Waals surface area contributed by atoms with Gasteiger partial charge < -0.3 is 10.1 Å². The van der Waals surface area contributed by atoms with Crippen LogP contribution in [0.1, 0.15) is 32.2 Å². The summed E-state index contributed by atoms with van der Waals surface area (Å²) in [5.74, 6) is 1.65. The Labute approximate surface area is 135 Å². The van der Waals surface area contributed by atoms with Crippen LogP contribution in [0.15, 0.2) is 24.5 Å². The molecule has 0 amide bonds. The summed E-state index contributed by atoms with van der Waals surface area (Å²) in [5.41, 5.74) is 2.61. The Morgan fingerprint density at radius 1 is 1.22 bits per heavy atom. The van der Waals surface area contributed by atoms with Crippen LogP contribution in [0, 0.1) is 6.92 Å². The molecule has 3 aromatic rings. The molecule has 0 aromatic carbocycles. The number of ether oxygens (including phenoxy) is 1. The standard InChI is InChI=1S/C16H22N6O/c1-11-8-14(22(19-11)16(2,3)4)18-15-13-9-12(10-23-5)20-21(13)7-6-17-15/h6-9H,10H2,1-5H3,(H,17,18). The average Bonchev–Trinajstić information content (AvgIpc) is 3.02. The van der Waals surface area contributed by atoms with E-state index in [2.05, 4.69) is 41.3 Å². The zero-order chi connectivity index (χ0) is 16.6. The molecule has 0 aliphatic carbocycles. The quantitative estimate of drug-likeness (QED) is 0.802. The smallest absolute Gasteiger partial charge is 0.157 e. The minimum absolute atomic E-state index is 0.122. The number of nitrogens with zero attached hydrogens (tertiary/aromatic N) is 5. The second kappa shape index (κ2) is 5.66. The number of aromatic nitrogens is 5. The van der Waals surface area contributed by atoms with Crippen LogP contribution >= 0.6 is 0 Å². The Bertz CT molecular complexity index is 827. The summed E-state index contributed by atoms with van der Waals surface area (Å²) in [4.78, 5) is 4.45. The lowest BCUT2D eigenvalue weighted by Crippen LogP contribution is -2.24. The highest BCUT2D eigenvalue weighted by Gasteiger charge is 2.19. The van der Waals surface area contributed by atoms with E-state index in [1.165, 1.54) is 0 Å². The summed E-state index contributed by atoms with van der Waals surface area (Å²) < 4.78 is 8.92. The molecule has 0 bridgehead atoms. The highest BCUT2D eigenvalue weighted by atomic mass is 16.5. The van der Waals surface area contributed by atoms with Gasteiger partial charge in [0.2, 0.25) is 0 Å². The van der Waals surface area contributed by atoms with Gasteiger partial charge in [-0.05, 0) is 33.8 Å². The van der Waals surface area contributed by atoms with Crippen molar-refractivity contribution in [1.29, 1.82) is 0 Å². The molecule has 3 aromatic heterocycles. The van der Waals surface area contributed by atoms with Crippen molar-refractivity contribution in [3.8, 4) is 0 Å². The van der Waals surface area contributed by atoms with Crippen LogP contribution in [0.5, 0.6) is 0 Å². The van der Waals surface area contributed by atoms with Crippen molar-refractivity contribution < 1.29 is 4.74 Å². The number of methoxy groups -OCH3 is 1. The Hall–Kier alpha value is -2.41. The molecular weight excluding hydrogens is 292 g/mol. The molecule has 0 saturated heterocycles. The maximum atomic E-state index is 5.15. The molecule has 3 rings (SSSR count). The third-order valence-corrected chi connectivity index (χ3v) is 3.45. The van der Waals surface area contributed by atoms with Gasteiger partial charge >= 0.3 is 0 Å². The first kappa shape index (κ1) is 15.5. The van der Waals surface area contributed by atoms with Crippen LogP contribution in [-0.2, 0) is 16.9 Å². The Balaban J connectivity index is 2.02. The van der Waals surface area contributed by atoms with Crippen LogP contribution in [-0.4, -0.2) is 31.5 Å². The van der Waals surface area contributed by atoms with Crippen molar-refractivity contribution in [2.75, 3.05) is 12.4 Å². The molecule has 0 aliphatic rings. The second-order valence-electron chi connectivity index (χ2n) is 6.55. The van der Waals surface area contributed by atoms with Crippen molar-refractivity contribution in [1.82, 2.24) is 24.4 Å². The summed E-state index contributed by atoms with van der Waals surface area (Å²) >= 11 is 0. The number of hydrogen-bond donors (Lipinski definition) is 1. The maximum Gasteiger partial charge on any atom is 0.157 e. The summed E-state index contributed by atoms with van der Waals surface area (Å²) in [7, 11) is 1.66. The third kappa shape index (κ3) is 3.05. The first-order valence-corrected chi connectivity index (χ1v) is 7.55. The topological polar surface area (TPSA) is 69.3 Å². The molecular formula is C16H22N6O. The van der Waals surface area contributed by atoms with Gasteiger partial charge in [0.1, 0.15) is 11.3 Å². The van der Waals surface area contributed by atoms with E-state index in [-0.39, 0.29) is 5.54 Å². The van der Waals surface area contributed by atoms with E-state index >= 15 is 0 Å². The molecule has 0 fully saturated rings. The molecule has 7 nitrogen and oxygen atoms in total. The first-order valence-electron chi connectivity index (χ1n) is 7.55. The summed E-state index contributed by atoms with van der Waals surface area (Å²) in [5, 5.41) is 12.4. The van der Waals surface area contributed by atoms with Gasteiger partial charge in [0.15, 0.2) is 5.82 Å². The zero-order valence-corrected chi connectivity index (χ0v) is 14.2. The minimum atomic E-state index is -0.122. The zero-order valence-electron chi connectivity index (χ0n) is 14.2. The molecule has 23 heavy (non-hydrogen) atoms. The van der Waals surface area contributed by atoms with Crippen molar-refractivity contribution in [3.63, 3.8) is 0 Å². The van der Waals surface area contributed by atoms with Gasteiger partial charge in [0, 0.05) is 25.6 Å². The molecule has 7 heteroatoms. The van der Waals surface area contributed by atoms with Crippen molar-refractivity contribution in [2.45, 2.75) is 39.8 Å². The second-order valence-corrected chi connectivity index (χ2v) is 6.55. The van der Waals surface area contributed by atoms with E-state index in [1.54, 1.807) is 17.8 Å². The van der Waals surface area contributed by atoms with Crippen molar-refractivity contribution >= 4 is 17.2 Å². The highest BCUT2D eigenvalue weighted by molar-refractivity contribution is 5.72. The largest absolute Gasteiger partial charge is 0.378 e. The van der Waals surface area contributed by atoms with Crippen LogP contribution < -0.4 is 5.32 Å². The van der Waals surface area contributed by atoms with E-state index in [4.69, 9.17) is 4.74 Å². The third-order valence-electron chi connectivity index (χ3n) is 3.45. The predicted octanol–water partition coefficient (Wildman–Crippen LogP) is 2.88. The summed E-state index contributed by atoms with van der Waals surface area (Å²) in [6.45, 7) is 8.81. The Kier molecular flexibility index (Phi) is 3.81. The normalized spacial score (nSPS) is 12.0. The lowest BCUT2D eigenvalue weighted by Gasteiger charge is -2.22. The first-order chi connectivity index (χ1) is 10.9. The molecule has 3 heterocycles. The molecule has 0 spiro atoms. The molecule has 0 radical (unpaired) electrons. The molecule has 0 saturated carbocycles. The van der Waals surface area contributed by atoms with E-state index < -0.39 is 0 Å². The fraction of sp³-hybridized carbons (Fsp3) is 0.438. The number of anilines is 2. The van der Waals surface area contributed by atoms with Crippen LogP contribution in [0.25, 0.3) is 5.52 Å². The molecule has 0 aliphatic heterocycles.